The number of aliphatic hydroxyl groups excluding tert-OH is 3. The molecule has 58 heavy (non-hydrogen) atoms. The van der Waals surface area contributed by atoms with Gasteiger partial charge in [0, 0.05) is 12.8 Å². The van der Waals surface area contributed by atoms with Crippen molar-refractivity contribution in [2.24, 2.45) is 0 Å². The number of allylic oxidation sites excluding steroid dienone is 12. The van der Waals surface area contributed by atoms with Crippen molar-refractivity contribution in [2.75, 3.05) is 26.4 Å². The van der Waals surface area contributed by atoms with E-state index in [2.05, 4.69) is 48.8 Å². The van der Waals surface area contributed by atoms with Gasteiger partial charge in [-0.3, -0.25) is 18.6 Å². The van der Waals surface area contributed by atoms with E-state index >= 15 is 0 Å². The summed E-state index contributed by atoms with van der Waals surface area (Å²) >= 11 is 0. The van der Waals surface area contributed by atoms with E-state index in [0.717, 1.165) is 51.4 Å². The maximum absolute atomic E-state index is 12.6. The third kappa shape index (κ3) is 39.9. The molecule has 2 unspecified atom stereocenters. The van der Waals surface area contributed by atoms with Gasteiger partial charge < -0.3 is 29.7 Å². The summed E-state index contributed by atoms with van der Waals surface area (Å²) in [6, 6.07) is 0. The molecule has 4 atom stereocenters. The zero-order chi connectivity index (χ0) is 42.8. The average molecular weight is 837 g/mol. The average Bonchev–Trinajstić information content (AvgIpc) is 3.20. The first-order chi connectivity index (χ1) is 28.1. The third-order valence-corrected chi connectivity index (χ3v) is 9.58. The lowest BCUT2D eigenvalue weighted by atomic mass is 10.1. The van der Waals surface area contributed by atoms with Crippen LogP contribution in [0.15, 0.2) is 85.1 Å². The molecule has 0 aromatic carbocycles. The molecule has 12 heteroatoms. The first-order valence-electron chi connectivity index (χ1n) is 21.7. The molecule has 11 nitrogen and oxygen atoms in total. The maximum atomic E-state index is 12.6. The van der Waals surface area contributed by atoms with E-state index in [1.807, 2.05) is 48.6 Å². The highest BCUT2D eigenvalue weighted by molar-refractivity contribution is 7.47. The lowest BCUT2D eigenvalue weighted by Gasteiger charge is -2.20. The van der Waals surface area contributed by atoms with Crippen LogP contribution < -0.4 is 0 Å². The Kier molecular flexibility index (Phi) is 38.8. The summed E-state index contributed by atoms with van der Waals surface area (Å²) in [4.78, 5) is 34.9. The van der Waals surface area contributed by atoms with E-state index in [9.17, 15) is 29.3 Å². The van der Waals surface area contributed by atoms with Gasteiger partial charge in [-0.1, -0.05) is 150 Å². The van der Waals surface area contributed by atoms with E-state index in [4.69, 9.17) is 19.1 Å². The van der Waals surface area contributed by atoms with E-state index < -0.39 is 57.9 Å². The number of esters is 2. The summed E-state index contributed by atoms with van der Waals surface area (Å²) in [6.07, 6.45) is 44.6. The highest BCUT2D eigenvalue weighted by Gasteiger charge is 2.27. The van der Waals surface area contributed by atoms with Crippen LogP contribution in [-0.2, 0) is 32.7 Å². The van der Waals surface area contributed by atoms with Crippen LogP contribution in [0.2, 0.25) is 0 Å². The Morgan fingerprint density at radius 1 is 0.603 bits per heavy atom. The zero-order valence-corrected chi connectivity index (χ0v) is 36.5. The Hall–Kier alpha value is -2.89. The molecule has 0 bridgehead atoms. The standard InChI is InChI=1S/C46H77O11P/c1-3-5-7-8-9-10-11-12-13-16-20-23-26-29-33-37-46(51)57-44(41-56-58(52,53)55-39-43(49)38-47)40-54-45(50)36-32-28-25-22-19-17-14-15-18-21-24-27-31-35-42(48)34-30-6-4-2/h6,10-11,15,17-19,24-25,27-28,30-31,35,42-44,47-49H,3-5,7-9,12-14,16,20-23,26,29,32-34,36-41H2,1-2H3,(H,52,53)/b11-10-,18-15-,19-17-,27-24+,28-25-,30-6-,35-31+/t42?,43-,44+/m0/s1. The minimum atomic E-state index is -4.65. The smallest absolute Gasteiger partial charge is 0.462 e. The molecule has 0 saturated carbocycles. The van der Waals surface area contributed by atoms with Crippen molar-refractivity contribution in [3.8, 4) is 0 Å². The van der Waals surface area contributed by atoms with Gasteiger partial charge in [-0.25, -0.2) is 4.57 Å². The predicted molar refractivity (Wildman–Crippen MR) is 234 cm³/mol. The number of hydrogen-bond acceptors (Lipinski definition) is 10. The number of phosphoric acid groups is 1. The summed E-state index contributed by atoms with van der Waals surface area (Å²) in [5.74, 6) is -1.06. The molecule has 0 aliphatic carbocycles. The SMILES string of the molecule is CC/C=C\CC(O)/C=C/C=C/C/C=C\C/C=C\C/C=C\CCC(=O)OC[C@H](COP(=O)(O)OC[C@@H](O)CO)OC(=O)CCCCCCCCC/C=C\CCCCCC. The molecule has 0 aliphatic heterocycles. The second-order valence-electron chi connectivity index (χ2n) is 14.2. The quantitative estimate of drug-likeness (QED) is 0.0153. The predicted octanol–water partition coefficient (Wildman–Crippen LogP) is 10.4. The Morgan fingerprint density at radius 2 is 1.17 bits per heavy atom. The lowest BCUT2D eigenvalue weighted by molar-refractivity contribution is -0.161. The van der Waals surface area contributed by atoms with Gasteiger partial charge in [-0.05, 0) is 70.6 Å². The molecule has 0 aliphatic rings. The topological polar surface area (TPSA) is 169 Å². The molecule has 0 saturated heterocycles. The number of rotatable bonds is 39. The van der Waals surface area contributed by atoms with E-state index in [1.54, 1.807) is 6.08 Å². The summed E-state index contributed by atoms with van der Waals surface area (Å²) in [6.45, 7) is 2.04. The molecule has 0 spiro atoms. The van der Waals surface area contributed by atoms with Crippen molar-refractivity contribution in [3.05, 3.63) is 85.1 Å². The second kappa shape index (κ2) is 40.9. The second-order valence-corrected chi connectivity index (χ2v) is 15.6. The fourth-order valence-corrected chi connectivity index (χ4v) is 6.06. The summed E-state index contributed by atoms with van der Waals surface area (Å²) in [5, 5.41) is 28.2. The normalized spacial score (nSPS) is 15.2. The zero-order valence-electron chi connectivity index (χ0n) is 35.6. The first-order valence-corrected chi connectivity index (χ1v) is 23.1. The number of ether oxygens (including phenoxy) is 2. The van der Waals surface area contributed by atoms with Gasteiger partial charge in [0.25, 0.3) is 0 Å². The molecule has 0 rings (SSSR count). The van der Waals surface area contributed by atoms with Crippen LogP contribution in [0.25, 0.3) is 0 Å². The number of aliphatic hydroxyl groups is 3. The van der Waals surface area contributed by atoms with E-state index in [0.29, 0.717) is 25.7 Å². The van der Waals surface area contributed by atoms with Crippen molar-refractivity contribution in [3.63, 3.8) is 0 Å². The molecular weight excluding hydrogens is 759 g/mol. The van der Waals surface area contributed by atoms with Gasteiger partial charge in [-0.2, -0.15) is 0 Å². The molecule has 0 aromatic heterocycles. The molecule has 0 amide bonds. The molecule has 0 aromatic rings. The highest BCUT2D eigenvalue weighted by Crippen LogP contribution is 2.43. The fourth-order valence-electron chi connectivity index (χ4n) is 5.27. The Bertz CT molecular complexity index is 1250. The fraction of sp³-hybridized carbons (Fsp3) is 0.652. The summed E-state index contributed by atoms with van der Waals surface area (Å²) in [7, 11) is -4.65. The number of unbranched alkanes of at least 4 members (excludes halogenated alkanes) is 11. The number of phosphoric ester groups is 1. The van der Waals surface area contributed by atoms with Gasteiger partial charge in [-0.15, -0.1) is 0 Å². The minimum absolute atomic E-state index is 0.0958. The molecule has 4 N–H and O–H groups in total. The van der Waals surface area contributed by atoms with E-state index in [-0.39, 0.29) is 19.4 Å². The van der Waals surface area contributed by atoms with Gasteiger partial charge in [0.15, 0.2) is 6.10 Å². The lowest BCUT2D eigenvalue weighted by Crippen LogP contribution is -2.29. The Morgan fingerprint density at radius 3 is 1.81 bits per heavy atom. The van der Waals surface area contributed by atoms with Crippen LogP contribution in [0.4, 0.5) is 0 Å². The van der Waals surface area contributed by atoms with Crippen LogP contribution in [0, 0.1) is 0 Å². The largest absolute Gasteiger partial charge is 0.472 e. The monoisotopic (exact) mass is 837 g/mol. The molecule has 0 radical (unpaired) electrons. The van der Waals surface area contributed by atoms with Crippen molar-refractivity contribution in [1.29, 1.82) is 0 Å². The van der Waals surface area contributed by atoms with Crippen molar-refractivity contribution >= 4 is 19.8 Å². The van der Waals surface area contributed by atoms with E-state index in [1.165, 1.54) is 44.9 Å². The molecule has 332 valence electrons. The van der Waals surface area contributed by atoms with Crippen molar-refractivity contribution < 1.29 is 52.9 Å². The molecule has 0 fully saturated rings. The van der Waals surface area contributed by atoms with Crippen LogP contribution in [0.1, 0.15) is 149 Å². The first kappa shape index (κ1) is 55.1. The Labute approximate surface area is 350 Å². The summed E-state index contributed by atoms with van der Waals surface area (Å²) in [5.41, 5.74) is 0. The number of carbonyl (C=O) groups excluding carboxylic acids is 2. The minimum Gasteiger partial charge on any atom is -0.462 e. The van der Waals surface area contributed by atoms with Crippen LogP contribution in [0.3, 0.4) is 0 Å². The molecule has 0 heterocycles. The van der Waals surface area contributed by atoms with Gasteiger partial charge >= 0.3 is 19.8 Å². The third-order valence-electron chi connectivity index (χ3n) is 8.63. The molecular formula is C46H77O11P. The Balaban J connectivity index is 4.47. The van der Waals surface area contributed by atoms with Crippen molar-refractivity contribution in [1.82, 2.24) is 0 Å². The summed E-state index contributed by atoms with van der Waals surface area (Å²) < 4.78 is 32.6. The number of carbonyl (C=O) groups is 2. The van der Waals surface area contributed by atoms with Crippen molar-refractivity contribution in [2.45, 2.75) is 167 Å². The number of hydrogen-bond donors (Lipinski definition) is 4. The van der Waals surface area contributed by atoms with Crippen LogP contribution in [-0.4, -0.2) is 76.9 Å². The van der Waals surface area contributed by atoms with Crippen LogP contribution >= 0.6 is 7.82 Å². The van der Waals surface area contributed by atoms with Gasteiger partial charge in [0.1, 0.15) is 12.7 Å². The highest BCUT2D eigenvalue weighted by atomic mass is 31.2. The maximum Gasteiger partial charge on any atom is 0.472 e. The van der Waals surface area contributed by atoms with Crippen LogP contribution in [0.5, 0.6) is 0 Å². The van der Waals surface area contributed by atoms with Gasteiger partial charge in [0.2, 0.25) is 0 Å². The van der Waals surface area contributed by atoms with Gasteiger partial charge in [0.05, 0.1) is 25.9 Å².